The quantitative estimate of drug-likeness (QED) is 0.769. The summed E-state index contributed by atoms with van der Waals surface area (Å²) in [4.78, 5) is 12.7. The average molecular weight is 331 g/mol. The summed E-state index contributed by atoms with van der Waals surface area (Å²) in [5.74, 6) is -0.0176. The first-order chi connectivity index (χ1) is 8.97. The zero-order valence-electron chi connectivity index (χ0n) is 10.2. The van der Waals surface area contributed by atoms with E-state index in [1.807, 2.05) is 4.90 Å². The topological polar surface area (TPSA) is 96.0 Å². The van der Waals surface area contributed by atoms with E-state index in [4.69, 9.17) is 10.5 Å². The molecule has 7 heteroatoms. The van der Waals surface area contributed by atoms with Gasteiger partial charge in [-0.1, -0.05) is 0 Å². The molecule has 1 aromatic carbocycles. The number of nitrogens with zero attached hydrogens (tertiary/aromatic N) is 1. The minimum absolute atomic E-state index is 0.00879. The second-order valence-electron chi connectivity index (χ2n) is 4.42. The van der Waals surface area contributed by atoms with Crippen LogP contribution in [0.1, 0.15) is 12.8 Å². The molecule has 19 heavy (non-hydrogen) atoms. The van der Waals surface area contributed by atoms with Gasteiger partial charge in [-0.2, -0.15) is 0 Å². The summed E-state index contributed by atoms with van der Waals surface area (Å²) in [7, 11) is 0. The molecule has 0 saturated carbocycles. The van der Waals surface area contributed by atoms with E-state index in [1.54, 1.807) is 12.1 Å². The predicted molar refractivity (Wildman–Crippen MR) is 73.4 cm³/mol. The fourth-order valence-electron chi connectivity index (χ4n) is 2.16. The summed E-state index contributed by atoms with van der Waals surface area (Å²) in [5, 5.41) is 19.3. The number of primary amides is 1. The first-order valence-corrected chi connectivity index (χ1v) is 6.69. The number of carbonyl (C=O) groups is 1. The standard InChI is InChI=1S/C12H15BrN2O4/c13-11-9(16)5-7(6-10(11)17)15-3-1-8(2-4-15)19-12(14)18/h5-6,8,16-17H,1-4H2,(H2,14,18). The molecule has 0 aromatic heterocycles. The second-order valence-corrected chi connectivity index (χ2v) is 5.21. The normalized spacial score (nSPS) is 16.4. The molecule has 0 spiro atoms. The van der Waals surface area contributed by atoms with Crippen molar-refractivity contribution in [3.63, 3.8) is 0 Å². The van der Waals surface area contributed by atoms with Gasteiger partial charge in [0.05, 0.1) is 0 Å². The highest BCUT2D eigenvalue weighted by atomic mass is 79.9. The molecule has 1 amide bonds. The zero-order valence-corrected chi connectivity index (χ0v) is 11.8. The fourth-order valence-corrected chi connectivity index (χ4v) is 2.39. The molecule has 1 aliphatic heterocycles. The Kier molecular flexibility index (Phi) is 4.04. The van der Waals surface area contributed by atoms with E-state index >= 15 is 0 Å². The predicted octanol–water partition coefficient (Wildman–Crippen LogP) is 1.92. The third kappa shape index (κ3) is 3.23. The van der Waals surface area contributed by atoms with E-state index in [2.05, 4.69) is 15.9 Å². The van der Waals surface area contributed by atoms with Gasteiger partial charge in [0.2, 0.25) is 0 Å². The van der Waals surface area contributed by atoms with Crippen molar-refractivity contribution in [3.05, 3.63) is 16.6 Å². The Bertz CT molecular complexity index is 464. The number of ether oxygens (including phenoxy) is 1. The van der Waals surface area contributed by atoms with Crippen LogP contribution >= 0.6 is 15.9 Å². The van der Waals surface area contributed by atoms with Crippen LogP contribution in [0.3, 0.4) is 0 Å². The lowest BCUT2D eigenvalue weighted by atomic mass is 10.1. The van der Waals surface area contributed by atoms with Crippen molar-refractivity contribution >= 4 is 27.7 Å². The highest BCUT2D eigenvalue weighted by Crippen LogP contribution is 2.37. The van der Waals surface area contributed by atoms with Crippen LogP contribution in [-0.4, -0.2) is 35.5 Å². The summed E-state index contributed by atoms with van der Waals surface area (Å²) >= 11 is 3.08. The maximum atomic E-state index is 10.7. The van der Waals surface area contributed by atoms with Crippen molar-refractivity contribution in [2.75, 3.05) is 18.0 Å². The summed E-state index contributed by atoms with van der Waals surface area (Å²) < 4.78 is 5.23. The second kappa shape index (κ2) is 5.56. The third-order valence-corrected chi connectivity index (χ3v) is 3.92. The maximum Gasteiger partial charge on any atom is 0.404 e. The summed E-state index contributed by atoms with van der Waals surface area (Å²) in [6.45, 7) is 1.33. The van der Waals surface area contributed by atoms with Crippen LogP contribution in [0.2, 0.25) is 0 Å². The van der Waals surface area contributed by atoms with Gasteiger partial charge in [0.15, 0.2) is 0 Å². The molecule has 1 aromatic rings. The van der Waals surface area contributed by atoms with Crippen LogP contribution in [0.25, 0.3) is 0 Å². The number of phenolic OH excluding ortho intramolecular Hbond substituents is 2. The highest BCUT2D eigenvalue weighted by Gasteiger charge is 2.22. The molecule has 1 fully saturated rings. The number of hydrogen-bond acceptors (Lipinski definition) is 5. The van der Waals surface area contributed by atoms with E-state index < -0.39 is 6.09 Å². The van der Waals surface area contributed by atoms with Gasteiger partial charge in [-0.15, -0.1) is 0 Å². The Hall–Kier alpha value is -1.63. The van der Waals surface area contributed by atoms with Crippen molar-refractivity contribution in [2.45, 2.75) is 18.9 Å². The smallest absolute Gasteiger partial charge is 0.404 e. The summed E-state index contributed by atoms with van der Waals surface area (Å²) in [6, 6.07) is 3.16. The van der Waals surface area contributed by atoms with Gasteiger partial charge in [0, 0.05) is 43.8 Å². The molecule has 0 aliphatic carbocycles. The van der Waals surface area contributed by atoms with Crippen LogP contribution in [0.15, 0.2) is 16.6 Å². The molecule has 0 radical (unpaired) electrons. The number of anilines is 1. The number of aromatic hydroxyl groups is 2. The largest absolute Gasteiger partial charge is 0.507 e. The van der Waals surface area contributed by atoms with Gasteiger partial charge in [-0.3, -0.25) is 0 Å². The van der Waals surface area contributed by atoms with Gasteiger partial charge < -0.3 is 25.6 Å². The molecule has 1 heterocycles. The van der Waals surface area contributed by atoms with E-state index in [0.29, 0.717) is 25.9 Å². The molecule has 1 aliphatic rings. The number of rotatable bonds is 2. The van der Waals surface area contributed by atoms with Crippen molar-refractivity contribution < 1.29 is 19.7 Å². The van der Waals surface area contributed by atoms with Crippen LogP contribution in [-0.2, 0) is 4.74 Å². The van der Waals surface area contributed by atoms with Gasteiger partial charge in [-0.05, 0) is 15.9 Å². The Morgan fingerprint density at radius 3 is 2.32 bits per heavy atom. The Morgan fingerprint density at radius 2 is 1.84 bits per heavy atom. The molecule has 6 nitrogen and oxygen atoms in total. The van der Waals surface area contributed by atoms with Crippen molar-refractivity contribution in [2.24, 2.45) is 5.73 Å². The average Bonchev–Trinajstić information content (AvgIpc) is 2.35. The lowest BCUT2D eigenvalue weighted by Gasteiger charge is -2.33. The molecule has 0 bridgehead atoms. The zero-order chi connectivity index (χ0) is 14.0. The molecule has 104 valence electrons. The Labute approximate surface area is 118 Å². The number of halogens is 1. The summed E-state index contributed by atoms with van der Waals surface area (Å²) in [5.41, 5.74) is 5.71. The SMILES string of the molecule is NC(=O)OC1CCN(c2cc(O)c(Br)c(O)c2)CC1. The lowest BCUT2D eigenvalue weighted by molar-refractivity contribution is 0.0912. The van der Waals surface area contributed by atoms with Gasteiger partial charge in [-0.25, -0.2) is 4.79 Å². The van der Waals surface area contributed by atoms with Gasteiger partial charge in [0.1, 0.15) is 22.1 Å². The van der Waals surface area contributed by atoms with Gasteiger partial charge in [0.25, 0.3) is 0 Å². The van der Waals surface area contributed by atoms with Gasteiger partial charge >= 0.3 is 6.09 Å². The third-order valence-electron chi connectivity index (χ3n) is 3.11. The number of nitrogens with two attached hydrogens (primary N) is 1. The van der Waals surface area contributed by atoms with Crippen LogP contribution in [0.5, 0.6) is 11.5 Å². The Morgan fingerprint density at radius 1 is 1.32 bits per heavy atom. The molecule has 1 saturated heterocycles. The van der Waals surface area contributed by atoms with E-state index in [-0.39, 0.29) is 22.1 Å². The number of hydrogen-bond donors (Lipinski definition) is 3. The Balaban J connectivity index is 2.03. The van der Waals surface area contributed by atoms with Crippen molar-refractivity contribution in [3.8, 4) is 11.5 Å². The number of amides is 1. The maximum absolute atomic E-state index is 10.7. The van der Waals surface area contributed by atoms with Crippen LogP contribution in [0.4, 0.5) is 10.5 Å². The number of piperidine rings is 1. The first-order valence-electron chi connectivity index (χ1n) is 5.90. The molecule has 4 N–H and O–H groups in total. The monoisotopic (exact) mass is 330 g/mol. The molecular weight excluding hydrogens is 316 g/mol. The van der Waals surface area contributed by atoms with Crippen molar-refractivity contribution in [1.82, 2.24) is 0 Å². The van der Waals surface area contributed by atoms with E-state index in [0.717, 1.165) is 5.69 Å². The number of phenols is 2. The molecular formula is C12H15BrN2O4. The highest BCUT2D eigenvalue weighted by molar-refractivity contribution is 9.10. The fraction of sp³-hybridized carbons (Fsp3) is 0.417. The number of carbonyl (C=O) groups excluding carboxylic acids is 1. The summed E-state index contributed by atoms with van der Waals surface area (Å²) in [6.07, 6.45) is 0.421. The first kappa shape index (κ1) is 13.8. The molecule has 0 unspecified atom stereocenters. The lowest BCUT2D eigenvalue weighted by Crippen LogP contribution is -2.38. The number of benzene rings is 1. The van der Waals surface area contributed by atoms with E-state index in [1.165, 1.54) is 0 Å². The minimum atomic E-state index is -0.752. The van der Waals surface area contributed by atoms with Crippen LogP contribution in [0, 0.1) is 0 Å². The molecule has 0 atom stereocenters. The van der Waals surface area contributed by atoms with Crippen molar-refractivity contribution in [1.29, 1.82) is 0 Å². The van der Waals surface area contributed by atoms with Crippen LogP contribution < -0.4 is 10.6 Å². The minimum Gasteiger partial charge on any atom is -0.507 e. The van der Waals surface area contributed by atoms with E-state index in [9.17, 15) is 15.0 Å². The molecule has 2 rings (SSSR count).